The molecule has 2 N–H and O–H groups in total. The number of carboxylic acid groups (broad SMARTS) is 1. The van der Waals surface area contributed by atoms with E-state index in [4.69, 9.17) is 16.3 Å². The van der Waals surface area contributed by atoms with Gasteiger partial charge in [-0.3, -0.25) is 4.79 Å². The second-order valence-electron chi connectivity index (χ2n) is 3.73. The SMILES string of the molecule is C#CCC(NC(=O)N(C)CCC(=O)OCC)C(=O)O. The highest BCUT2D eigenvalue weighted by molar-refractivity contribution is 5.83. The molecule has 7 nitrogen and oxygen atoms in total. The van der Waals surface area contributed by atoms with Gasteiger partial charge >= 0.3 is 18.0 Å². The lowest BCUT2D eigenvalue weighted by atomic mass is 10.2. The lowest BCUT2D eigenvalue weighted by molar-refractivity contribution is -0.143. The van der Waals surface area contributed by atoms with Gasteiger partial charge in [-0.15, -0.1) is 12.3 Å². The maximum atomic E-state index is 11.6. The topological polar surface area (TPSA) is 95.9 Å². The van der Waals surface area contributed by atoms with Crippen LogP contribution in [0.25, 0.3) is 0 Å². The van der Waals surface area contributed by atoms with Gasteiger partial charge in [0, 0.05) is 20.0 Å². The lowest BCUT2D eigenvalue weighted by Crippen LogP contribution is -2.47. The average Bonchev–Trinajstić information content (AvgIpc) is 2.35. The Balaban J connectivity index is 4.22. The van der Waals surface area contributed by atoms with E-state index in [1.165, 1.54) is 11.9 Å². The van der Waals surface area contributed by atoms with Crippen LogP contribution in [0.3, 0.4) is 0 Å². The van der Waals surface area contributed by atoms with Gasteiger partial charge in [-0.25, -0.2) is 9.59 Å². The Hall–Kier alpha value is -2.23. The number of nitrogens with zero attached hydrogens (tertiary/aromatic N) is 1. The number of carboxylic acids is 1. The van der Waals surface area contributed by atoms with Crippen LogP contribution in [-0.4, -0.2) is 54.2 Å². The van der Waals surface area contributed by atoms with E-state index in [0.29, 0.717) is 0 Å². The molecule has 0 rings (SSSR count). The van der Waals surface area contributed by atoms with Crippen LogP contribution in [0.2, 0.25) is 0 Å². The van der Waals surface area contributed by atoms with Crippen LogP contribution in [0.15, 0.2) is 0 Å². The van der Waals surface area contributed by atoms with Gasteiger partial charge in [-0.05, 0) is 6.92 Å². The Morgan fingerprint density at radius 1 is 1.47 bits per heavy atom. The predicted octanol–water partition coefficient (Wildman–Crippen LogP) is 0.0575. The number of esters is 1. The van der Waals surface area contributed by atoms with Crippen molar-refractivity contribution in [1.29, 1.82) is 0 Å². The van der Waals surface area contributed by atoms with Crippen molar-refractivity contribution in [2.24, 2.45) is 0 Å². The van der Waals surface area contributed by atoms with Crippen molar-refractivity contribution in [2.75, 3.05) is 20.2 Å². The van der Waals surface area contributed by atoms with Gasteiger partial charge in [0.25, 0.3) is 0 Å². The normalized spacial score (nSPS) is 11.0. The molecule has 106 valence electrons. The van der Waals surface area contributed by atoms with Crippen molar-refractivity contribution < 1.29 is 24.2 Å². The molecule has 0 aliphatic heterocycles. The number of hydrogen-bond acceptors (Lipinski definition) is 4. The number of nitrogens with one attached hydrogen (secondary N) is 1. The summed E-state index contributed by atoms with van der Waals surface area (Å²) in [5.74, 6) is 0.552. The van der Waals surface area contributed by atoms with Crippen LogP contribution in [0.1, 0.15) is 19.8 Å². The summed E-state index contributed by atoms with van der Waals surface area (Å²) < 4.78 is 4.71. The minimum absolute atomic E-state index is 0.0463. The fourth-order valence-electron chi connectivity index (χ4n) is 1.17. The first-order valence-corrected chi connectivity index (χ1v) is 5.75. The molecule has 7 heteroatoms. The third-order valence-corrected chi connectivity index (χ3v) is 2.22. The van der Waals surface area contributed by atoms with Crippen LogP contribution in [0, 0.1) is 12.3 Å². The molecule has 0 fully saturated rings. The lowest BCUT2D eigenvalue weighted by Gasteiger charge is -2.20. The van der Waals surface area contributed by atoms with Crippen LogP contribution < -0.4 is 5.32 Å². The van der Waals surface area contributed by atoms with Gasteiger partial charge in [0.2, 0.25) is 0 Å². The molecule has 2 amide bonds. The molecule has 0 bridgehead atoms. The maximum absolute atomic E-state index is 11.6. The summed E-state index contributed by atoms with van der Waals surface area (Å²) in [6.07, 6.45) is 4.95. The van der Waals surface area contributed by atoms with Gasteiger partial charge in [0.1, 0.15) is 6.04 Å². The molecule has 0 radical (unpaired) electrons. The number of aliphatic carboxylic acids is 1. The zero-order valence-electron chi connectivity index (χ0n) is 11.0. The highest BCUT2D eigenvalue weighted by Crippen LogP contribution is 1.96. The van der Waals surface area contributed by atoms with Crippen molar-refractivity contribution >= 4 is 18.0 Å². The molecule has 0 aromatic rings. The molecule has 19 heavy (non-hydrogen) atoms. The molecular formula is C12H18N2O5. The highest BCUT2D eigenvalue weighted by atomic mass is 16.5. The first-order chi connectivity index (χ1) is 8.92. The van der Waals surface area contributed by atoms with Crippen molar-refractivity contribution in [1.82, 2.24) is 10.2 Å². The zero-order chi connectivity index (χ0) is 14.8. The standard InChI is InChI=1S/C12H18N2O5/c1-4-6-9(11(16)17)13-12(18)14(3)8-7-10(15)19-5-2/h1,9H,5-8H2,2-3H3,(H,13,18)(H,16,17). The fraction of sp³-hybridized carbons (Fsp3) is 0.583. The van der Waals surface area contributed by atoms with Crippen LogP contribution >= 0.6 is 0 Å². The number of amides is 2. The summed E-state index contributed by atoms with van der Waals surface area (Å²) in [4.78, 5) is 34.7. The summed E-state index contributed by atoms with van der Waals surface area (Å²) in [5, 5.41) is 11.1. The number of rotatable bonds is 7. The van der Waals surface area contributed by atoms with E-state index in [0.717, 1.165) is 0 Å². The van der Waals surface area contributed by atoms with E-state index in [1.807, 2.05) is 0 Å². The fourth-order valence-corrected chi connectivity index (χ4v) is 1.17. The molecule has 0 aliphatic carbocycles. The van der Waals surface area contributed by atoms with Gasteiger partial charge in [0.15, 0.2) is 0 Å². The summed E-state index contributed by atoms with van der Waals surface area (Å²) in [5.41, 5.74) is 0. The molecule has 0 saturated heterocycles. The summed E-state index contributed by atoms with van der Waals surface area (Å²) in [6.45, 7) is 2.09. The molecule has 0 aromatic carbocycles. The Morgan fingerprint density at radius 2 is 2.11 bits per heavy atom. The third-order valence-electron chi connectivity index (χ3n) is 2.22. The molecule has 0 spiro atoms. The summed E-state index contributed by atoms with van der Waals surface area (Å²) >= 11 is 0. The summed E-state index contributed by atoms with van der Waals surface area (Å²) in [6, 6.07) is -1.74. The number of carbonyl (C=O) groups excluding carboxylic acids is 2. The number of carbonyl (C=O) groups is 3. The molecule has 1 unspecified atom stereocenters. The highest BCUT2D eigenvalue weighted by Gasteiger charge is 2.21. The monoisotopic (exact) mass is 270 g/mol. The quantitative estimate of drug-likeness (QED) is 0.503. The van der Waals surface area contributed by atoms with Crippen LogP contribution in [0.4, 0.5) is 4.79 Å². The number of terminal acetylenes is 1. The number of urea groups is 1. The second-order valence-corrected chi connectivity index (χ2v) is 3.73. The van der Waals surface area contributed by atoms with Crippen molar-refractivity contribution in [3.63, 3.8) is 0 Å². The third kappa shape index (κ3) is 6.93. The van der Waals surface area contributed by atoms with Crippen LogP contribution in [0.5, 0.6) is 0 Å². The first-order valence-electron chi connectivity index (χ1n) is 5.75. The predicted molar refractivity (Wildman–Crippen MR) is 67.3 cm³/mol. The molecule has 0 saturated carbocycles. The van der Waals surface area contributed by atoms with E-state index < -0.39 is 24.0 Å². The first kappa shape index (κ1) is 16.8. The van der Waals surface area contributed by atoms with Crippen molar-refractivity contribution in [2.45, 2.75) is 25.8 Å². The number of ether oxygens (including phenoxy) is 1. The van der Waals surface area contributed by atoms with E-state index in [-0.39, 0.29) is 26.0 Å². The van der Waals surface area contributed by atoms with Gasteiger partial charge in [-0.2, -0.15) is 0 Å². The van der Waals surface area contributed by atoms with Crippen molar-refractivity contribution in [3.8, 4) is 12.3 Å². The Labute approximate surface area is 111 Å². The minimum Gasteiger partial charge on any atom is -0.480 e. The molecular weight excluding hydrogens is 252 g/mol. The Bertz CT molecular complexity index is 375. The smallest absolute Gasteiger partial charge is 0.327 e. The largest absolute Gasteiger partial charge is 0.480 e. The molecule has 0 aromatic heterocycles. The minimum atomic E-state index is -1.20. The Kier molecular flexibility index (Phi) is 7.77. The van der Waals surface area contributed by atoms with E-state index in [2.05, 4.69) is 11.2 Å². The molecule has 0 aliphatic rings. The van der Waals surface area contributed by atoms with Crippen LogP contribution in [-0.2, 0) is 14.3 Å². The van der Waals surface area contributed by atoms with E-state index >= 15 is 0 Å². The molecule has 1 atom stereocenters. The Morgan fingerprint density at radius 3 is 2.58 bits per heavy atom. The zero-order valence-corrected chi connectivity index (χ0v) is 11.0. The number of hydrogen-bond donors (Lipinski definition) is 2. The van der Waals surface area contributed by atoms with E-state index in [9.17, 15) is 14.4 Å². The van der Waals surface area contributed by atoms with Gasteiger partial charge in [0.05, 0.1) is 13.0 Å². The summed E-state index contributed by atoms with van der Waals surface area (Å²) in [7, 11) is 1.45. The van der Waals surface area contributed by atoms with Gasteiger partial charge < -0.3 is 20.1 Å². The van der Waals surface area contributed by atoms with Crippen molar-refractivity contribution in [3.05, 3.63) is 0 Å². The molecule has 0 heterocycles. The van der Waals surface area contributed by atoms with Gasteiger partial charge in [-0.1, -0.05) is 0 Å². The van der Waals surface area contributed by atoms with E-state index in [1.54, 1.807) is 6.92 Å². The second kappa shape index (κ2) is 8.80. The maximum Gasteiger partial charge on any atom is 0.327 e. The average molecular weight is 270 g/mol.